The number of thiol groups is 1. The molecular weight excluding hydrogens is 350 g/mol. The zero-order valence-corrected chi connectivity index (χ0v) is 16.2. The molecule has 0 radical (unpaired) electrons. The molecule has 0 saturated heterocycles. The van der Waals surface area contributed by atoms with Crippen molar-refractivity contribution in [2.75, 3.05) is 0 Å². The predicted molar refractivity (Wildman–Crippen MR) is 106 cm³/mol. The fourth-order valence-electron chi connectivity index (χ4n) is 4.46. The molecule has 0 spiro atoms. The van der Waals surface area contributed by atoms with E-state index in [1.54, 1.807) is 6.08 Å². The van der Waals surface area contributed by atoms with Crippen LogP contribution in [0.4, 0.5) is 8.78 Å². The fraction of sp³-hybridized carbons (Fsp3) is 0.545. The molecule has 0 aliphatic heterocycles. The number of aliphatic hydroxyl groups excluding tert-OH is 1. The molecule has 2 atom stereocenters. The van der Waals surface area contributed by atoms with E-state index in [9.17, 15) is 13.9 Å². The van der Waals surface area contributed by atoms with Gasteiger partial charge in [0, 0.05) is 17.2 Å². The smallest absolute Gasteiger partial charge is 0.154 e. The van der Waals surface area contributed by atoms with Crippen LogP contribution >= 0.6 is 12.6 Å². The van der Waals surface area contributed by atoms with Crippen molar-refractivity contribution in [1.29, 1.82) is 0 Å². The minimum absolute atomic E-state index is 0.0178. The van der Waals surface area contributed by atoms with Crippen LogP contribution in [0.2, 0.25) is 0 Å². The molecule has 1 saturated carbocycles. The summed E-state index contributed by atoms with van der Waals surface area (Å²) in [5.41, 5.74) is 2.16. The Morgan fingerprint density at radius 2 is 1.96 bits per heavy atom. The number of hydrogen-bond acceptors (Lipinski definition) is 2. The summed E-state index contributed by atoms with van der Waals surface area (Å²) in [6.45, 7) is 6.40. The molecule has 0 amide bonds. The lowest BCUT2D eigenvalue weighted by molar-refractivity contribution is 0.209. The highest BCUT2D eigenvalue weighted by Crippen LogP contribution is 2.42. The lowest BCUT2D eigenvalue weighted by Crippen LogP contribution is -2.25. The Morgan fingerprint density at radius 3 is 2.62 bits per heavy atom. The first-order valence-electron chi connectivity index (χ1n) is 9.65. The summed E-state index contributed by atoms with van der Waals surface area (Å²) in [6, 6.07) is 0. The second-order valence-corrected chi connectivity index (χ2v) is 8.32. The van der Waals surface area contributed by atoms with E-state index in [1.807, 2.05) is 6.08 Å². The van der Waals surface area contributed by atoms with Crippen LogP contribution in [0.1, 0.15) is 51.9 Å². The Labute approximate surface area is 160 Å². The van der Waals surface area contributed by atoms with Crippen molar-refractivity contribution in [2.45, 2.75) is 58.0 Å². The maximum absolute atomic E-state index is 13.6. The molecule has 0 aromatic rings. The van der Waals surface area contributed by atoms with Crippen LogP contribution in [0.3, 0.4) is 0 Å². The van der Waals surface area contributed by atoms with Gasteiger partial charge in [0.15, 0.2) is 5.83 Å². The Kier molecular flexibility index (Phi) is 6.24. The Bertz CT molecular complexity index is 693. The quantitative estimate of drug-likeness (QED) is 0.421. The van der Waals surface area contributed by atoms with E-state index in [2.05, 4.69) is 26.1 Å². The van der Waals surface area contributed by atoms with Gasteiger partial charge in [-0.25, -0.2) is 8.78 Å². The molecule has 3 aliphatic carbocycles. The molecule has 142 valence electrons. The minimum atomic E-state index is -0.814. The number of hydrogen-bond donors (Lipinski definition) is 2. The zero-order chi connectivity index (χ0) is 18.8. The molecule has 26 heavy (non-hydrogen) atoms. The fourth-order valence-corrected chi connectivity index (χ4v) is 4.82. The maximum Gasteiger partial charge on any atom is 0.154 e. The highest BCUT2D eigenvalue weighted by atomic mass is 32.1. The van der Waals surface area contributed by atoms with Gasteiger partial charge >= 0.3 is 0 Å². The van der Waals surface area contributed by atoms with Gasteiger partial charge in [-0.05, 0) is 60.3 Å². The third-order valence-corrected chi connectivity index (χ3v) is 6.48. The molecule has 1 fully saturated rings. The highest BCUT2D eigenvalue weighted by molar-refractivity contribution is 7.84. The van der Waals surface area contributed by atoms with Gasteiger partial charge < -0.3 is 5.11 Å². The van der Waals surface area contributed by atoms with E-state index in [1.165, 1.54) is 31.8 Å². The van der Waals surface area contributed by atoms with E-state index in [0.717, 1.165) is 24.3 Å². The van der Waals surface area contributed by atoms with Crippen LogP contribution < -0.4 is 0 Å². The van der Waals surface area contributed by atoms with Gasteiger partial charge in [-0.2, -0.15) is 0 Å². The largest absolute Gasteiger partial charge is 0.384 e. The Balaban J connectivity index is 1.72. The molecule has 0 aromatic heterocycles. The van der Waals surface area contributed by atoms with Crippen molar-refractivity contribution in [3.8, 4) is 0 Å². The number of allylic oxidation sites excluding steroid dienone is 6. The molecule has 2 unspecified atom stereocenters. The first kappa shape index (κ1) is 19.6. The lowest BCUT2D eigenvalue weighted by atomic mass is 9.74. The SMILES string of the molecule is C=C(C1CCC(CCC)CC1)C(O)C1=CC2=CC(F)=C(F)CC2C=C1S. The summed E-state index contributed by atoms with van der Waals surface area (Å²) >= 11 is 4.50. The summed E-state index contributed by atoms with van der Waals surface area (Å²) in [5, 5.41) is 10.9. The molecule has 4 heteroatoms. The van der Waals surface area contributed by atoms with Crippen LogP contribution in [0.5, 0.6) is 0 Å². The van der Waals surface area contributed by atoms with Crippen LogP contribution in [0.25, 0.3) is 0 Å². The van der Waals surface area contributed by atoms with E-state index in [4.69, 9.17) is 0 Å². The zero-order valence-electron chi connectivity index (χ0n) is 15.3. The second-order valence-electron chi connectivity index (χ2n) is 7.84. The number of halogens is 2. The number of fused-ring (bicyclic) bond motifs is 1. The molecule has 0 aromatic carbocycles. The molecule has 0 bridgehead atoms. The van der Waals surface area contributed by atoms with Crippen molar-refractivity contribution < 1.29 is 13.9 Å². The van der Waals surface area contributed by atoms with Gasteiger partial charge in [0.2, 0.25) is 0 Å². The highest BCUT2D eigenvalue weighted by Gasteiger charge is 2.31. The van der Waals surface area contributed by atoms with Gasteiger partial charge in [-0.1, -0.05) is 38.5 Å². The van der Waals surface area contributed by atoms with Crippen molar-refractivity contribution in [3.63, 3.8) is 0 Å². The van der Waals surface area contributed by atoms with E-state index < -0.39 is 17.8 Å². The van der Waals surface area contributed by atoms with Crippen molar-refractivity contribution in [1.82, 2.24) is 0 Å². The molecule has 3 rings (SSSR count). The summed E-state index contributed by atoms with van der Waals surface area (Å²) in [4.78, 5) is 0.635. The van der Waals surface area contributed by atoms with Crippen LogP contribution in [0, 0.1) is 17.8 Å². The molecular formula is C22H28F2OS. The van der Waals surface area contributed by atoms with E-state index >= 15 is 0 Å². The van der Waals surface area contributed by atoms with Gasteiger partial charge in [0.25, 0.3) is 0 Å². The summed E-state index contributed by atoms with van der Waals surface area (Å²) in [5.74, 6) is -0.636. The topological polar surface area (TPSA) is 20.2 Å². The maximum atomic E-state index is 13.6. The Morgan fingerprint density at radius 1 is 1.27 bits per heavy atom. The van der Waals surface area contributed by atoms with Crippen LogP contribution in [-0.4, -0.2) is 11.2 Å². The standard InChI is InChI=1S/C22H28F2OS/c1-3-4-14-5-7-15(8-6-14)13(2)22(25)18-9-16-10-19(23)20(24)11-17(16)12-21(18)26/h9-10,12,14-15,17,22,25-26H,2-8,11H2,1H3. The Hall–Kier alpha value is -1.13. The van der Waals surface area contributed by atoms with Gasteiger partial charge in [-0.3, -0.25) is 0 Å². The van der Waals surface area contributed by atoms with Crippen LogP contribution in [0.15, 0.2) is 58.1 Å². The predicted octanol–water partition coefficient (Wildman–Crippen LogP) is 6.36. The normalized spacial score (nSPS) is 30.2. The van der Waals surface area contributed by atoms with Gasteiger partial charge in [0.05, 0.1) is 0 Å². The summed E-state index contributed by atoms with van der Waals surface area (Å²) in [6.07, 6.45) is 11.0. The number of rotatable bonds is 5. The van der Waals surface area contributed by atoms with Crippen molar-refractivity contribution in [3.05, 3.63) is 58.1 Å². The van der Waals surface area contributed by atoms with E-state index in [0.29, 0.717) is 22.0 Å². The van der Waals surface area contributed by atoms with Crippen LogP contribution in [-0.2, 0) is 0 Å². The second kappa shape index (κ2) is 8.26. The average molecular weight is 379 g/mol. The van der Waals surface area contributed by atoms with Crippen molar-refractivity contribution >= 4 is 12.6 Å². The summed E-state index contributed by atoms with van der Waals surface area (Å²) < 4.78 is 27.1. The van der Waals surface area contributed by atoms with E-state index in [-0.39, 0.29) is 12.3 Å². The molecule has 0 heterocycles. The van der Waals surface area contributed by atoms with Crippen molar-refractivity contribution in [2.24, 2.45) is 17.8 Å². The average Bonchev–Trinajstić information content (AvgIpc) is 2.62. The lowest BCUT2D eigenvalue weighted by Gasteiger charge is -2.33. The molecule has 1 N–H and O–H groups in total. The van der Waals surface area contributed by atoms with Gasteiger partial charge in [0.1, 0.15) is 11.9 Å². The third-order valence-electron chi connectivity index (χ3n) is 6.07. The minimum Gasteiger partial charge on any atom is -0.384 e. The monoisotopic (exact) mass is 378 g/mol. The first-order valence-corrected chi connectivity index (χ1v) is 10.1. The molecule has 1 nitrogen and oxygen atoms in total. The first-order chi connectivity index (χ1) is 12.4. The summed E-state index contributed by atoms with van der Waals surface area (Å²) in [7, 11) is 0. The molecule has 3 aliphatic rings. The van der Waals surface area contributed by atoms with Gasteiger partial charge in [-0.15, -0.1) is 12.6 Å². The third kappa shape index (κ3) is 4.07. The number of aliphatic hydroxyl groups is 1.